The maximum absolute atomic E-state index is 12.1. The van der Waals surface area contributed by atoms with E-state index in [2.05, 4.69) is 36.3 Å². The van der Waals surface area contributed by atoms with Crippen LogP contribution in [0.15, 0.2) is 73.1 Å². The molecular formula is C22H22N2O2. The molecule has 0 spiro atoms. The van der Waals surface area contributed by atoms with Crippen LogP contribution in [0.25, 0.3) is 0 Å². The average molecular weight is 346 g/mol. The van der Waals surface area contributed by atoms with E-state index in [-0.39, 0.29) is 5.91 Å². The average Bonchev–Trinajstić information content (AvgIpc) is 2.67. The molecule has 2 aromatic carbocycles. The third kappa shape index (κ3) is 4.70. The summed E-state index contributed by atoms with van der Waals surface area (Å²) in [5.74, 6) is 1.89. The lowest BCUT2D eigenvalue weighted by molar-refractivity contribution is 0.0950. The van der Waals surface area contributed by atoms with Crippen LogP contribution in [-0.4, -0.2) is 10.9 Å². The molecule has 4 nitrogen and oxygen atoms in total. The van der Waals surface area contributed by atoms with Crippen molar-refractivity contribution in [3.63, 3.8) is 0 Å². The van der Waals surface area contributed by atoms with Crippen molar-refractivity contribution in [2.75, 3.05) is 0 Å². The Labute approximate surface area is 153 Å². The Balaban J connectivity index is 1.62. The smallest absolute Gasteiger partial charge is 0.253 e. The maximum Gasteiger partial charge on any atom is 0.253 e. The lowest BCUT2D eigenvalue weighted by Gasteiger charge is -2.10. The quantitative estimate of drug-likeness (QED) is 0.689. The van der Waals surface area contributed by atoms with Gasteiger partial charge in [-0.3, -0.25) is 9.78 Å². The van der Waals surface area contributed by atoms with E-state index in [1.54, 1.807) is 24.5 Å². The van der Waals surface area contributed by atoms with Crippen molar-refractivity contribution in [1.82, 2.24) is 10.3 Å². The van der Waals surface area contributed by atoms with Gasteiger partial charge in [-0.25, -0.2) is 0 Å². The number of ether oxygens (including phenoxy) is 1. The standard InChI is InChI=1S/C22H22N2O2/c1-16(2)18-8-10-20(11-9-18)26-21-7-3-5-17(13-21)14-24-22(25)19-6-4-12-23-15-19/h3-13,15-16H,14H2,1-2H3,(H,24,25). The Morgan fingerprint density at radius 2 is 1.85 bits per heavy atom. The van der Waals surface area contributed by atoms with Crippen LogP contribution in [0.2, 0.25) is 0 Å². The molecule has 132 valence electrons. The van der Waals surface area contributed by atoms with Gasteiger partial charge in [0.05, 0.1) is 5.56 Å². The van der Waals surface area contributed by atoms with Crippen LogP contribution in [0.4, 0.5) is 0 Å². The van der Waals surface area contributed by atoms with Crippen LogP contribution in [0.3, 0.4) is 0 Å². The highest BCUT2D eigenvalue weighted by atomic mass is 16.5. The Morgan fingerprint density at radius 3 is 2.54 bits per heavy atom. The topological polar surface area (TPSA) is 51.2 Å². The summed E-state index contributed by atoms with van der Waals surface area (Å²) in [6.07, 6.45) is 3.20. The number of rotatable bonds is 6. The molecule has 1 amide bonds. The van der Waals surface area contributed by atoms with E-state index in [0.717, 1.165) is 17.1 Å². The van der Waals surface area contributed by atoms with E-state index in [0.29, 0.717) is 18.0 Å². The lowest BCUT2D eigenvalue weighted by Crippen LogP contribution is -2.22. The molecule has 1 heterocycles. The number of hydrogen-bond acceptors (Lipinski definition) is 3. The summed E-state index contributed by atoms with van der Waals surface area (Å²) >= 11 is 0. The fraction of sp³-hybridized carbons (Fsp3) is 0.182. The molecular weight excluding hydrogens is 324 g/mol. The number of nitrogens with one attached hydrogen (secondary N) is 1. The maximum atomic E-state index is 12.1. The minimum absolute atomic E-state index is 0.145. The van der Waals surface area contributed by atoms with Crippen molar-refractivity contribution < 1.29 is 9.53 Å². The van der Waals surface area contributed by atoms with Crippen molar-refractivity contribution in [2.45, 2.75) is 26.3 Å². The normalized spacial score (nSPS) is 10.6. The Bertz CT molecular complexity index is 859. The Hall–Kier alpha value is -3.14. The second-order valence-electron chi connectivity index (χ2n) is 6.40. The minimum atomic E-state index is -0.145. The summed E-state index contributed by atoms with van der Waals surface area (Å²) in [7, 11) is 0. The van der Waals surface area contributed by atoms with Crippen LogP contribution in [0.5, 0.6) is 11.5 Å². The number of pyridine rings is 1. The molecule has 1 aromatic heterocycles. The van der Waals surface area contributed by atoms with E-state index < -0.39 is 0 Å². The monoisotopic (exact) mass is 346 g/mol. The van der Waals surface area contributed by atoms with E-state index >= 15 is 0 Å². The minimum Gasteiger partial charge on any atom is -0.457 e. The van der Waals surface area contributed by atoms with Crippen LogP contribution in [-0.2, 0) is 6.54 Å². The predicted molar refractivity (Wildman–Crippen MR) is 102 cm³/mol. The highest BCUT2D eigenvalue weighted by molar-refractivity contribution is 5.93. The number of nitrogens with zero attached hydrogens (tertiary/aromatic N) is 1. The summed E-state index contributed by atoms with van der Waals surface area (Å²) in [4.78, 5) is 16.1. The summed E-state index contributed by atoms with van der Waals surface area (Å²) in [5.41, 5.74) is 2.80. The number of amides is 1. The third-order valence-electron chi connectivity index (χ3n) is 4.06. The molecule has 26 heavy (non-hydrogen) atoms. The first-order valence-corrected chi connectivity index (χ1v) is 8.67. The first-order chi connectivity index (χ1) is 12.6. The summed E-state index contributed by atoms with van der Waals surface area (Å²) in [6.45, 7) is 4.76. The highest BCUT2D eigenvalue weighted by Crippen LogP contribution is 2.24. The van der Waals surface area contributed by atoms with Crippen LogP contribution in [0.1, 0.15) is 41.3 Å². The van der Waals surface area contributed by atoms with Gasteiger partial charge in [0.25, 0.3) is 5.91 Å². The molecule has 3 rings (SSSR count). The molecule has 0 radical (unpaired) electrons. The van der Waals surface area contributed by atoms with Crippen molar-refractivity contribution >= 4 is 5.91 Å². The molecule has 0 atom stereocenters. The fourth-order valence-electron chi connectivity index (χ4n) is 2.56. The first-order valence-electron chi connectivity index (χ1n) is 8.67. The summed E-state index contributed by atoms with van der Waals surface area (Å²) < 4.78 is 5.92. The third-order valence-corrected chi connectivity index (χ3v) is 4.06. The van der Waals surface area contributed by atoms with Crippen molar-refractivity contribution in [1.29, 1.82) is 0 Å². The zero-order valence-corrected chi connectivity index (χ0v) is 15.0. The van der Waals surface area contributed by atoms with Gasteiger partial charge in [0.2, 0.25) is 0 Å². The van der Waals surface area contributed by atoms with Gasteiger partial charge in [-0.1, -0.05) is 38.1 Å². The van der Waals surface area contributed by atoms with Gasteiger partial charge in [-0.05, 0) is 53.4 Å². The largest absolute Gasteiger partial charge is 0.457 e. The van der Waals surface area contributed by atoms with Crippen molar-refractivity contribution in [3.05, 3.63) is 89.7 Å². The summed E-state index contributed by atoms with van der Waals surface area (Å²) in [6, 6.07) is 19.3. The fourth-order valence-corrected chi connectivity index (χ4v) is 2.56. The molecule has 3 aromatic rings. The van der Waals surface area contributed by atoms with Crippen LogP contribution >= 0.6 is 0 Å². The molecule has 0 aliphatic carbocycles. The van der Waals surface area contributed by atoms with Crippen LogP contribution in [0, 0.1) is 0 Å². The molecule has 0 aliphatic rings. The summed E-state index contributed by atoms with van der Waals surface area (Å²) in [5, 5.41) is 2.89. The zero-order valence-electron chi connectivity index (χ0n) is 15.0. The zero-order chi connectivity index (χ0) is 18.4. The van der Waals surface area contributed by atoms with E-state index in [1.807, 2.05) is 36.4 Å². The van der Waals surface area contributed by atoms with Gasteiger partial charge < -0.3 is 10.1 Å². The predicted octanol–water partition coefficient (Wildman–Crippen LogP) is 4.93. The Kier molecular flexibility index (Phi) is 5.64. The number of carbonyl (C=O) groups is 1. The molecule has 0 saturated heterocycles. The molecule has 1 N–H and O–H groups in total. The molecule has 0 unspecified atom stereocenters. The van der Waals surface area contributed by atoms with Crippen molar-refractivity contribution in [3.8, 4) is 11.5 Å². The molecule has 0 saturated carbocycles. The van der Waals surface area contributed by atoms with E-state index in [4.69, 9.17) is 4.74 Å². The van der Waals surface area contributed by atoms with Crippen LogP contribution < -0.4 is 10.1 Å². The van der Waals surface area contributed by atoms with E-state index in [1.165, 1.54) is 5.56 Å². The number of benzene rings is 2. The molecule has 0 bridgehead atoms. The first kappa shape index (κ1) is 17.7. The van der Waals surface area contributed by atoms with Gasteiger partial charge in [0.1, 0.15) is 11.5 Å². The van der Waals surface area contributed by atoms with Gasteiger partial charge >= 0.3 is 0 Å². The number of hydrogen-bond donors (Lipinski definition) is 1. The molecule has 4 heteroatoms. The Morgan fingerprint density at radius 1 is 1.04 bits per heavy atom. The van der Waals surface area contributed by atoms with Gasteiger partial charge in [-0.15, -0.1) is 0 Å². The SMILES string of the molecule is CC(C)c1ccc(Oc2cccc(CNC(=O)c3cccnc3)c2)cc1. The highest BCUT2D eigenvalue weighted by Gasteiger charge is 2.06. The second kappa shape index (κ2) is 8.30. The van der Waals surface area contributed by atoms with Gasteiger partial charge in [-0.2, -0.15) is 0 Å². The molecule has 0 aliphatic heterocycles. The number of aromatic nitrogens is 1. The lowest BCUT2D eigenvalue weighted by atomic mass is 10.0. The van der Waals surface area contributed by atoms with E-state index in [9.17, 15) is 4.79 Å². The van der Waals surface area contributed by atoms with Gasteiger partial charge in [0.15, 0.2) is 0 Å². The number of carbonyl (C=O) groups excluding carboxylic acids is 1. The van der Waals surface area contributed by atoms with Gasteiger partial charge in [0, 0.05) is 18.9 Å². The van der Waals surface area contributed by atoms with Crippen molar-refractivity contribution in [2.24, 2.45) is 0 Å². The molecule has 0 fully saturated rings. The second-order valence-corrected chi connectivity index (χ2v) is 6.40.